The van der Waals surface area contributed by atoms with Crippen LogP contribution in [0, 0.1) is 0 Å². The highest BCUT2D eigenvalue weighted by Gasteiger charge is 2.01. The predicted octanol–water partition coefficient (Wildman–Crippen LogP) is 3.57. The summed E-state index contributed by atoms with van der Waals surface area (Å²) < 4.78 is 0. The molecule has 0 N–H and O–H groups in total. The SMILES string of the molecule is C.C=Cc1ccccc1/C(C=O)=C\C. The Hall–Kier alpha value is -1.63. The van der Waals surface area contributed by atoms with Gasteiger partial charge in [-0.15, -0.1) is 0 Å². The Labute approximate surface area is 85.8 Å². The van der Waals surface area contributed by atoms with E-state index in [-0.39, 0.29) is 7.43 Å². The second-order valence-electron chi connectivity index (χ2n) is 2.65. The van der Waals surface area contributed by atoms with Crippen LogP contribution in [0.5, 0.6) is 0 Å². The van der Waals surface area contributed by atoms with Crippen LogP contribution < -0.4 is 0 Å². The van der Waals surface area contributed by atoms with Gasteiger partial charge in [-0.2, -0.15) is 0 Å². The van der Waals surface area contributed by atoms with Gasteiger partial charge in [0.2, 0.25) is 0 Å². The molecular weight excluding hydrogens is 172 g/mol. The molecule has 0 unspecified atom stereocenters. The molecule has 0 bridgehead atoms. The molecule has 0 amide bonds. The molecule has 0 radical (unpaired) electrons. The minimum atomic E-state index is 0. The maximum atomic E-state index is 10.7. The van der Waals surface area contributed by atoms with Gasteiger partial charge in [-0.05, 0) is 18.1 Å². The van der Waals surface area contributed by atoms with Crippen LogP contribution in [-0.4, -0.2) is 6.29 Å². The summed E-state index contributed by atoms with van der Waals surface area (Å²) >= 11 is 0. The fourth-order valence-corrected chi connectivity index (χ4v) is 1.22. The van der Waals surface area contributed by atoms with Gasteiger partial charge < -0.3 is 0 Å². The van der Waals surface area contributed by atoms with Crippen molar-refractivity contribution in [1.29, 1.82) is 0 Å². The topological polar surface area (TPSA) is 17.1 Å². The van der Waals surface area contributed by atoms with Gasteiger partial charge in [0.1, 0.15) is 6.29 Å². The predicted molar refractivity (Wildman–Crippen MR) is 63.0 cm³/mol. The molecule has 0 fully saturated rings. The van der Waals surface area contributed by atoms with E-state index in [2.05, 4.69) is 6.58 Å². The van der Waals surface area contributed by atoms with Crippen molar-refractivity contribution in [3.05, 3.63) is 48.0 Å². The largest absolute Gasteiger partial charge is 0.298 e. The number of carbonyl (C=O) groups excluding carboxylic acids is 1. The summed E-state index contributed by atoms with van der Waals surface area (Å²) in [5.41, 5.74) is 2.63. The third-order valence-electron chi connectivity index (χ3n) is 1.93. The quantitative estimate of drug-likeness (QED) is 0.523. The molecular formula is C13H16O. The minimum Gasteiger partial charge on any atom is -0.298 e. The van der Waals surface area contributed by atoms with E-state index in [4.69, 9.17) is 0 Å². The summed E-state index contributed by atoms with van der Waals surface area (Å²) in [5.74, 6) is 0. The number of hydrogen-bond donors (Lipinski definition) is 0. The number of rotatable bonds is 3. The summed E-state index contributed by atoms with van der Waals surface area (Å²) in [5, 5.41) is 0. The standard InChI is InChI=1S/C12H12O.CH4/c1-3-10-7-5-6-8-12(10)11(4-2)9-13;/h3-9H,1H2,2H3;1H4/b11-4-;. The van der Waals surface area contributed by atoms with Crippen molar-refractivity contribution < 1.29 is 4.79 Å². The van der Waals surface area contributed by atoms with Gasteiger partial charge in [-0.25, -0.2) is 0 Å². The van der Waals surface area contributed by atoms with Crippen LogP contribution in [0.3, 0.4) is 0 Å². The van der Waals surface area contributed by atoms with Crippen molar-refractivity contribution in [2.24, 2.45) is 0 Å². The van der Waals surface area contributed by atoms with Crippen LogP contribution in [0.1, 0.15) is 25.5 Å². The second-order valence-corrected chi connectivity index (χ2v) is 2.65. The van der Waals surface area contributed by atoms with E-state index >= 15 is 0 Å². The maximum Gasteiger partial charge on any atom is 0.150 e. The van der Waals surface area contributed by atoms with Crippen molar-refractivity contribution in [3.8, 4) is 0 Å². The number of benzene rings is 1. The van der Waals surface area contributed by atoms with Crippen LogP contribution >= 0.6 is 0 Å². The average molecular weight is 188 g/mol. The number of aldehydes is 1. The fourth-order valence-electron chi connectivity index (χ4n) is 1.22. The van der Waals surface area contributed by atoms with Crippen molar-refractivity contribution >= 4 is 17.9 Å². The van der Waals surface area contributed by atoms with Crippen LogP contribution in [-0.2, 0) is 4.79 Å². The van der Waals surface area contributed by atoms with Crippen molar-refractivity contribution in [1.82, 2.24) is 0 Å². The molecule has 74 valence electrons. The lowest BCUT2D eigenvalue weighted by atomic mass is 10.0. The first kappa shape index (κ1) is 12.4. The smallest absolute Gasteiger partial charge is 0.150 e. The zero-order valence-electron chi connectivity index (χ0n) is 7.66. The molecule has 0 spiro atoms. The van der Waals surface area contributed by atoms with Gasteiger partial charge in [0.25, 0.3) is 0 Å². The van der Waals surface area contributed by atoms with E-state index < -0.39 is 0 Å². The molecule has 1 nitrogen and oxygen atoms in total. The fraction of sp³-hybridized carbons (Fsp3) is 0.154. The van der Waals surface area contributed by atoms with Crippen LogP contribution in [0.4, 0.5) is 0 Å². The molecule has 0 atom stereocenters. The molecule has 0 saturated carbocycles. The Kier molecular flexibility index (Phi) is 5.23. The molecule has 1 rings (SSSR count). The van der Waals surface area contributed by atoms with E-state index in [1.54, 1.807) is 12.2 Å². The molecule has 1 aromatic rings. The second kappa shape index (κ2) is 5.92. The first-order chi connectivity index (χ1) is 6.33. The Morgan fingerprint density at radius 3 is 2.50 bits per heavy atom. The lowest BCUT2D eigenvalue weighted by Gasteiger charge is -2.03. The average Bonchev–Trinajstić information content (AvgIpc) is 2.20. The van der Waals surface area contributed by atoms with E-state index in [1.165, 1.54) is 0 Å². The first-order valence-corrected chi connectivity index (χ1v) is 4.16. The van der Waals surface area contributed by atoms with Crippen LogP contribution in [0.15, 0.2) is 36.9 Å². The third-order valence-corrected chi connectivity index (χ3v) is 1.93. The summed E-state index contributed by atoms with van der Waals surface area (Å²) in [6.07, 6.45) is 4.42. The van der Waals surface area contributed by atoms with Gasteiger partial charge in [-0.3, -0.25) is 4.79 Å². The highest BCUT2D eigenvalue weighted by atomic mass is 16.1. The van der Waals surface area contributed by atoms with Crippen molar-refractivity contribution in [2.75, 3.05) is 0 Å². The van der Waals surface area contributed by atoms with Gasteiger partial charge in [0, 0.05) is 5.57 Å². The number of hydrogen-bond acceptors (Lipinski definition) is 1. The molecule has 0 aliphatic carbocycles. The van der Waals surface area contributed by atoms with E-state index in [9.17, 15) is 4.79 Å². The van der Waals surface area contributed by atoms with E-state index in [0.717, 1.165) is 17.4 Å². The lowest BCUT2D eigenvalue weighted by Crippen LogP contribution is -1.88. The van der Waals surface area contributed by atoms with Crippen LogP contribution in [0.25, 0.3) is 11.6 Å². The monoisotopic (exact) mass is 188 g/mol. The summed E-state index contributed by atoms with van der Waals surface area (Å²) in [6.45, 7) is 5.55. The van der Waals surface area contributed by atoms with Gasteiger partial charge in [0.15, 0.2) is 0 Å². The van der Waals surface area contributed by atoms with Crippen molar-refractivity contribution in [3.63, 3.8) is 0 Å². The molecule has 0 aliphatic heterocycles. The highest BCUT2D eigenvalue weighted by molar-refractivity contribution is 6.08. The zero-order chi connectivity index (χ0) is 9.68. The Bertz CT molecular complexity index is 348. The van der Waals surface area contributed by atoms with Crippen LogP contribution in [0.2, 0.25) is 0 Å². The normalized spacial score (nSPS) is 10.2. The lowest BCUT2D eigenvalue weighted by molar-refractivity contribution is -0.103. The Balaban J connectivity index is 0.00000169. The molecule has 0 saturated heterocycles. The zero-order valence-corrected chi connectivity index (χ0v) is 7.66. The molecule has 0 aromatic heterocycles. The number of allylic oxidation sites excluding steroid dienone is 2. The molecule has 14 heavy (non-hydrogen) atoms. The minimum absolute atomic E-state index is 0. The molecule has 0 aliphatic rings. The molecule has 1 aromatic carbocycles. The van der Waals surface area contributed by atoms with Gasteiger partial charge in [-0.1, -0.05) is 50.4 Å². The maximum absolute atomic E-state index is 10.7. The molecule has 0 heterocycles. The first-order valence-electron chi connectivity index (χ1n) is 4.16. The highest BCUT2D eigenvalue weighted by Crippen LogP contribution is 2.18. The van der Waals surface area contributed by atoms with Crippen molar-refractivity contribution in [2.45, 2.75) is 14.4 Å². The summed E-state index contributed by atoms with van der Waals surface area (Å²) in [4.78, 5) is 10.7. The Morgan fingerprint density at radius 2 is 2.00 bits per heavy atom. The van der Waals surface area contributed by atoms with E-state index in [1.807, 2.05) is 31.2 Å². The third kappa shape index (κ3) is 2.43. The van der Waals surface area contributed by atoms with E-state index in [0.29, 0.717) is 5.57 Å². The van der Waals surface area contributed by atoms with Gasteiger partial charge >= 0.3 is 0 Å². The number of carbonyl (C=O) groups is 1. The summed E-state index contributed by atoms with van der Waals surface area (Å²) in [6, 6.07) is 7.70. The summed E-state index contributed by atoms with van der Waals surface area (Å²) in [7, 11) is 0. The van der Waals surface area contributed by atoms with Gasteiger partial charge in [0.05, 0.1) is 0 Å². The molecule has 1 heteroatoms. The Morgan fingerprint density at radius 1 is 1.36 bits per heavy atom.